The lowest BCUT2D eigenvalue weighted by atomic mass is 9.84. The quantitative estimate of drug-likeness (QED) is 0.595. The summed E-state index contributed by atoms with van der Waals surface area (Å²) in [7, 11) is -5.68. The zero-order valence-corrected chi connectivity index (χ0v) is 14.6. The van der Waals surface area contributed by atoms with E-state index in [4.69, 9.17) is 4.74 Å². The molecule has 1 aliphatic carbocycles. The first-order valence-corrected chi connectivity index (χ1v) is 9.63. The normalized spacial score (nSPS) is 24.5. The fraction of sp³-hybridized carbons (Fsp3) is 0.625. The summed E-state index contributed by atoms with van der Waals surface area (Å²) < 4.78 is 70.1. The summed E-state index contributed by atoms with van der Waals surface area (Å²) in [4.78, 5) is 2.33. The Morgan fingerprint density at radius 2 is 2.12 bits per heavy atom. The molecule has 0 spiro atoms. The van der Waals surface area contributed by atoms with Crippen LogP contribution in [0.25, 0.3) is 0 Å². The van der Waals surface area contributed by atoms with Gasteiger partial charge in [-0.2, -0.15) is 21.6 Å². The number of hydrogen-bond acceptors (Lipinski definition) is 5. The van der Waals surface area contributed by atoms with Gasteiger partial charge in [-0.25, -0.2) is 0 Å². The molecule has 1 aliphatic heterocycles. The summed E-state index contributed by atoms with van der Waals surface area (Å²) in [6.07, 6.45) is 2.40. The van der Waals surface area contributed by atoms with Gasteiger partial charge in [0.2, 0.25) is 0 Å². The summed E-state index contributed by atoms with van der Waals surface area (Å²) in [5.41, 5.74) is -3.78. The number of aryl methyl sites for hydroxylation is 1. The van der Waals surface area contributed by atoms with Crippen LogP contribution in [0.5, 0.6) is 5.75 Å². The van der Waals surface area contributed by atoms with Gasteiger partial charge in [0.15, 0.2) is 0 Å². The van der Waals surface area contributed by atoms with Crippen LogP contribution >= 0.6 is 0 Å². The molecular formula is C16H20F3NO4S. The van der Waals surface area contributed by atoms with Gasteiger partial charge < -0.3 is 8.92 Å². The molecule has 140 valence electrons. The maximum absolute atomic E-state index is 12.5. The van der Waals surface area contributed by atoms with E-state index in [-0.39, 0.29) is 17.9 Å². The van der Waals surface area contributed by atoms with Gasteiger partial charge >= 0.3 is 15.6 Å². The van der Waals surface area contributed by atoms with Crippen molar-refractivity contribution >= 4 is 10.1 Å². The molecule has 1 aromatic rings. The standard InChI is InChI=1S/C16H20F3NO4S/c1-2-7-20-8-9-23-15-13-10-12(24-25(21,22)16(17,18)19)5-3-11(13)4-6-14(15)20/h3,5,10,14-15H,2,4,6-9H2,1H3/t14-,15-/m1/s1. The molecule has 2 aliphatic rings. The van der Waals surface area contributed by atoms with Gasteiger partial charge in [0, 0.05) is 12.6 Å². The highest BCUT2D eigenvalue weighted by Crippen LogP contribution is 2.40. The van der Waals surface area contributed by atoms with E-state index in [0.29, 0.717) is 12.2 Å². The molecule has 25 heavy (non-hydrogen) atoms. The molecule has 0 radical (unpaired) electrons. The Balaban J connectivity index is 1.88. The molecule has 9 heteroatoms. The Morgan fingerprint density at radius 3 is 2.80 bits per heavy atom. The zero-order valence-electron chi connectivity index (χ0n) is 13.8. The van der Waals surface area contributed by atoms with Crippen LogP contribution in [0.15, 0.2) is 18.2 Å². The van der Waals surface area contributed by atoms with Crippen LogP contribution in [0.3, 0.4) is 0 Å². The number of fused-ring (bicyclic) bond motifs is 3. The van der Waals surface area contributed by atoms with E-state index < -0.39 is 15.6 Å². The maximum Gasteiger partial charge on any atom is 0.534 e. The molecule has 1 heterocycles. The predicted molar refractivity (Wildman–Crippen MR) is 84.7 cm³/mol. The van der Waals surface area contributed by atoms with Gasteiger partial charge in [0.1, 0.15) is 5.75 Å². The Hall–Kier alpha value is -1.32. The Kier molecular flexibility index (Phi) is 5.00. The Labute approximate surface area is 144 Å². The van der Waals surface area contributed by atoms with Crippen molar-refractivity contribution in [1.29, 1.82) is 0 Å². The third-order valence-corrected chi connectivity index (χ3v) is 5.61. The first-order valence-electron chi connectivity index (χ1n) is 8.22. The second-order valence-corrected chi connectivity index (χ2v) is 7.82. The van der Waals surface area contributed by atoms with Crippen molar-refractivity contribution in [3.8, 4) is 5.75 Å². The highest BCUT2D eigenvalue weighted by Gasteiger charge is 2.48. The van der Waals surface area contributed by atoms with Crippen LogP contribution in [-0.2, 0) is 21.3 Å². The van der Waals surface area contributed by atoms with Crippen LogP contribution in [0.2, 0.25) is 0 Å². The fourth-order valence-electron chi connectivity index (χ4n) is 3.56. The van der Waals surface area contributed by atoms with Gasteiger partial charge in [-0.05, 0) is 49.1 Å². The molecule has 5 nitrogen and oxygen atoms in total. The van der Waals surface area contributed by atoms with Gasteiger partial charge in [-0.3, -0.25) is 4.90 Å². The van der Waals surface area contributed by atoms with E-state index in [0.717, 1.165) is 37.9 Å². The minimum Gasteiger partial charge on any atom is -0.376 e. The molecule has 2 atom stereocenters. The molecule has 1 aromatic carbocycles. The molecule has 3 rings (SSSR count). The molecule has 0 amide bonds. The van der Waals surface area contributed by atoms with Gasteiger partial charge in [-0.15, -0.1) is 0 Å². The smallest absolute Gasteiger partial charge is 0.376 e. The number of halogens is 3. The summed E-state index contributed by atoms with van der Waals surface area (Å²) in [5.74, 6) is -0.340. The SMILES string of the molecule is CCCN1CCO[C@@H]2c3cc(OS(=O)(=O)C(F)(F)F)ccc3CC[C@H]21. The van der Waals surface area contributed by atoms with Gasteiger partial charge in [-0.1, -0.05) is 13.0 Å². The summed E-state index contributed by atoms with van der Waals surface area (Å²) >= 11 is 0. The van der Waals surface area contributed by atoms with Crippen LogP contribution in [0, 0.1) is 0 Å². The Bertz CT molecular complexity index is 733. The fourth-order valence-corrected chi connectivity index (χ4v) is 4.01. The van der Waals surface area contributed by atoms with Crippen molar-refractivity contribution in [3.63, 3.8) is 0 Å². The van der Waals surface area contributed by atoms with E-state index in [9.17, 15) is 21.6 Å². The molecule has 0 bridgehead atoms. The second-order valence-electron chi connectivity index (χ2n) is 6.28. The zero-order chi connectivity index (χ0) is 18.2. The predicted octanol–water partition coefficient (Wildman–Crippen LogP) is 3.01. The number of nitrogens with zero attached hydrogens (tertiary/aromatic N) is 1. The van der Waals surface area contributed by atoms with E-state index in [1.54, 1.807) is 6.07 Å². The number of morpholine rings is 1. The van der Waals surface area contributed by atoms with E-state index >= 15 is 0 Å². The van der Waals surface area contributed by atoms with Crippen molar-refractivity contribution in [2.75, 3.05) is 19.7 Å². The number of ether oxygens (including phenoxy) is 1. The van der Waals surface area contributed by atoms with Crippen LogP contribution in [0.4, 0.5) is 13.2 Å². The third-order valence-electron chi connectivity index (χ3n) is 4.63. The van der Waals surface area contributed by atoms with Crippen molar-refractivity contribution in [2.24, 2.45) is 0 Å². The molecule has 1 fully saturated rings. The van der Waals surface area contributed by atoms with Crippen LogP contribution in [0.1, 0.15) is 37.0 Å². The summed E-state index contributed by atoms with van der Waals surface area (Å²) in [6, 6.07) is 4.39. The van der Waals surface area contributed by atoms with Crippen LogP contribution in [-0.4, -0.2) is 44.6 Å². The van der Waals surface area contributed by atoms with E-state index in [1.807, 2.05) is 0 Å². The van der Waals surface area contributed by atoms with Crippen molar-refractivity contribution in [3.05, 3.63) is 29.3 Å². The number of benzene rings is 1. The minimum absolute atomic E-state index is 0.149. The monoisotopic (exact) mass is 379 g/mol. The first kappa shape index (κ1) is 18.5. The topological polar surface area (TPSA) is 55.8 Å². The van der Waals surface area contributed by atoms with Crippen molar-refractivity contribution < 1.29 is 30.5 Å². The highest BCUT2D eigenvalue weighted by molar-refractivity contribution is 7.88. The maximum atomic E-state index is 12.5. The number of rotatable bonds is 4. The van der Waals surface area contributed by atoms with Gasteiger partial charge in [0.05, 0.1) is 12.7 Å². The van der Waals surface area contributed by atoms with Crippen LogP contribution < -0.4 is 4.18 Å². The highest BCUT2D eigenvalue weighted by atomic mass is 32.2. The number of alkyl halides is 3. The molecule has 0 aromatic heterocycles. The summed E-state index contributed by atoms with van der Waals surface area (Å²) in [6.45, 7) is 4.38. The Morgan fingerprint density at radius 1 is 1.36 bits per heavy atom. The molecular weight excluding hydrogens is 359 g/mol. The van der Waals surface area contributed by atoms with E-state index in [2.05, 4.69) is 16.0 Å². The molecule has 1 saturated heterocycles. The molecule has 0 unspecified atom stereocenters. The lowest BCUT2D eigenvalue weighted by molar-refractivity contribution is -0.0801. The average Bonchev–Trinajstić information content (AvgIpc) is 2.54. The van der Waals surface area contributed by atoms with Gasteiger partial charge in [0.25, 0.3) is 0 Å². The number of hydrogen-bond donors (Lipinski definition) is 0. The van der Waals surface area contributed by atoms with E-state index in [1.165, 1.54) is 12.1 Å². The second kappa shape index (κ2) is 6.77. The largest absolute Gasteiger partial charge is 0.534 e. The molecule has 0 saturated carbocycles. The molecule has 0 N–H and O–H groups in total. The summed E-state index contributed by atoms with van der Waals surface area (Å²) in [5, 5.41) is 0. The third kappa shape index (κ3) is 3.63. The minimum atomic E-state index is -5.68. The van der Waals surface area contributed by atoms with Crippen molar-refractivity contribution in [2.45, 2.75) is 43.8 Å². The lowest BCUT2D eigenvalue weighted by Gasteiger charge is -2.44. The average molecular weight is 379 g/mol. The lowest BCUT2D eigenvalue weighted by Crippen LogP contribution is -2.49. The van der Waals surface area contributed by atoms with Crippen molar-refractivity contribution in [1.82, 2.24) is 4.90 Å². The first-order chi connectivity index (χ1) is 11.7.